The van der Waals surface area contributed by atoms with Crippen LogP contribution in [-0.4, -0.2) is 24.8 Å². The molecule has 0 heterocycles. The maximum atomic E-state index is 12.7. The molecule has 34 heavy (non-hydrogen) atoms. The first-order chi connectivity index (χ1) is 15.6. The number of hydrogen-bond donors (Lipinski definition) is 0. The third kappa shape index (κ3) is 6.56. The first kappa shape index (κ1) is 26.8. The largest absolute Gasteiger partial charge is 0.496 e. The second-order valence-corrected chi connectivity index (χ2v) is 10.3. The summed E-state index contributed by atoms with van der Waals surface area (Å²) < 4.78 is 16.5. The third-order valence-electron chi connectivity index (χ3n) is 5.06. The van der Waals surface area contributed by atoms with E-state index in [4.69, 9.17) is 14.2 Å². The summed E-state index contributed by atoms with van der Waals surface area (Å²) in [5.74, 6) is 0.469. The average molecular weight is 467 g/mol. The molecule has 2 rings (SSSR count). The van der Waals surface area contributed by atoms with Gasteiger partial charge in [-0.25, -0.2) is 0 Å². The van der Waals surface area contributed by atoms with Gasteiger partial charge in [-0.15, -0.1) is 0 Å². The maximum absolute atomic E-state index is 12.7. The third-order valence-corrected chi connectivity index (χ3v) is 5.06. The number of ketones is 1. The van der Waals surface area contributed by atoms with Crippen LogP contribution in [0.1, 0.15) is 68.6 Å². The Bertz CT molecular complexity index is 1110. The predicted octanol–water partition coefficient (Wildman–Crippen LogP) is 6.11. The number of esters is 2. The molecule has 6 nitrogen and oxygen atoms in total. The van der Waals surface area contributed by atoms with Crippen molar-refractivity contribution in [2.24, 2.45) is 10.8 Å². The van der Waals surface area contributed by atoms with E-state index < -0.39 is 10.8 Å². The van der Waals surface area contributed by atoms with Crippen molar-refractivity contribution in [2.45, 2.75) is 55.4 Å². The van der Waals surface area contributed by atoms with Crippen molar-refractivity contribution in [3.05, 3.63) is 58.7 Å². The summed E-state index contributed by atoms with van der Waals surface area (Å²) in [6.07, 6.45) is 3.12. The first-order valence-corrected chi connectivity index (χ1v) is 11.1. The van der Waals surface area contributed by atoms with Crippen molar-refractivity contribution in [3.63, 3.8) is 0 Å². The summed E-state index contributed by atoms with van der Waals surface area (Å²) >= 11 is 0. The van der Waals surface area contributed by atoms with Gasteiger partial charge in [0.15, 0.2) is 5.78 Å². The summed E-state index contributed by atoms with van der Waals surface area (Å²) in [5.41, 5.74) is 1.32. The van der Waals surface area contributed by atoms with E-state index in [2.05, 4.69) is 0 Å². The highest BCUT2D eigenvalue weighted by Gasteiger charge is 2.26. The second kappa shape index (κ2) is 10.2. The minimum atomic E-state index is -0.641. The van der Waals surface area contributed by atoms with Crippen molar-refractivity contribution in [1.29, 1.82) is 0 Å². The highest BCUT2D eigenvalue weighted by atomic mass is 16.5. The number of hydrogen-bond acceptors (Lipinski definition) is 6. The number of aryl methyl sites for hydroxylation is 1. The van der Waals surface area contributed by atoms with Gasteiger partial charge >= 0.3 is 11.9 Å². The number of allylic oxidation sites excluding steroid dienone is 1. The van der Waals surface area contributed by atoms with Crippen LogP contribution in [0.5, 0.6) is 17.2 Å². The van der Waals surface area contributed by atoms with Crippen LogP contribution >= 0.6 is 0 Å². The van der Waals surface area contributed by atoms with Crippen LogP contribution in [0.3, 0.4) is 0 Å². The SMILES string of the molecule is COc1c(/C=C/C(=O)c2ccc(OC(=O)C(C)(C)C)cc2)cc(C)c(OC(=O)C(C)(C)C)c1C. The molecule has 0 amide bonds. The van der Waals surface area contributed by atoms with Gasteiger partial charge in [-0.2, -0.15) is 0 Å². The highest BCUT2D eigenvalue weighted by Crippen LogP contribution is 2.36. The molecule has 0 fully saturated rings. The van der Waals surface area contributed by atoms with E-state index in [-0.39, 0.29) is 17.7 Å². The fraction of sp³-hybridized carbons (Fsp3) is 0.393. The van der Waals surface area contributed by atoms with Crippen molar-refractivity contribution in [3.8, 4) is 17.2 Å². The van der Waals surface area contributed by atoms with Crippen LogP contribution in [0, 0.1) is 24.7 Å². The number of ether oxygens (including phenoxy) is 3. The lowest BCUT2D eigenvalue weighted by Gasteiger charge is -2.20. The van der Waals surface area contributed by atoms with E-state index in [1.54, 1.807) is 71.9 Å². The van der Waals surface area contributed by atoms with Crippen molar-refractivity contribution in [1.82, 2.24) is 0 Å². The summed E-state index contributed by atoms with van der Waals surface area (Å²) in [7, 11) is 1.53. The molecule has 0 saturated carbocycles. The molecule has 2 aromatic rings. The van der Waals surface area contributed by atoms with E-state index in [0.29, 0.717) is 33.9 Å². The van der Waals surface area contributed by atoms with Gasteiger partial charge in [0.2, 0.25) is 0 Å². The normalized spacial score (nSPS) is 11.9. The minimum absolute atomic E-state index is 0.214. The molecule has 0 saturated heterocycles. The summed E-state index contributed by atoms with van der Waals surface area (Å²) in [4.78, 5) is 37.1. The first-order valence-electron chi connectivity index (χ1n) is 11.1. The zero-order valence-corrected chi connectivity index (χ0v) is 21.5. The fourth-order valence-corrected chi connectivity index (χ4v) is 2.99. The Kier molecular flexibility index (Phi) is 8.09. The van der Waals surface area contributed by atoms with Gasteiger partial charge in [0.1, 0.15) is 17.2 Å². The Morgan fingerprint density at radius 3 is 1.82 bits per heavy atom. The lowest BCUT2D eigenvalue weighted by molar-refractivity contribution is -0.143. The molecule has 2 aromatic carbocycles. The zero-order valence-electron chi connectivity index (χ0n) is 21.5. The molecule has 182 valence electrons. The zero-order chi connectivity index (χ0) is 25.8. The number of rotatable bonds is 6. The molecular formula is C28H34O6. The van der Waals surface area contributed by atoms with Gasteiger partial charge in [0, 0.05) is 16.7 Å². The standard InChI is InChI=1S/C28H34O6/c1-17-16-20(24(32-9)18(2)23(17)34-26(31)28(6,7)8)12-15-22(29)19-10-13-21(14-11-19)33-25(30)27(3,4)5/h10-16H,1-9H3/b15-12+. The van der Waals surface area contributed by atoms with Crippen molar-refractivity contribution < 1.29 is 28.6 Å². The highest BCUT2D eigenvalue weighted by molar-refractivity contribution is 6.07. The molecule has 0 unspecified atom stereocenters. The van der Waals surface area contributed by atoms with Crippen LogP contribution < -0.4 is 14.2 Å². The van der Waals surface area contributed by atoms with Crippen LogP contribution in [0.25, 0.3) is 6.08 Å². The fourth-order valence-electron chi connectivity index (χ4n) is 2.99. The Balaban J connectivity index is 2.25. The molecule has 0 aliphatic heterocycles. The van der Waals surface area contributed by atoms with E-state index >= 15 is 0 Å². The van der Waals surface area contributed by atoms with E-state index in [1.165, 1.54) is 13.2 Å². The molecule has 0 aromatic heterocycles. The summed E-state index contributed by atoms with van der Waals surface area (Å²) in [5, 5.41) is 0. The summed E-state index contributed by atoms with van der Waals surface area (Å²) in [6, 6.07) is 8.23. The van der Waals surface area contributed by atoms with Gasteiger partial charge < -0.3 is 14.2 Å². The molecular weight excluding hydrogens is 432 g/mol. The van der Waals surface area contributed by atoms with E-state index in [1.807, 2.05) is 19.9 Å². The molecule has 0 atom stereocenters. The molecule has 0 radical (unpaired) electrons. The quantitative estimate of drug-likeness (QED) is 0.221. The van der Waals surface area contributed by atoms with E-state index in [0.717, 1.165) is 5.56 Å². The Labute approximate surface area is 201 Å². The van der Waals surface area contributed by atoms with Gasteiger partial charge in [0.25, 0.3) is 0 Å². The average Bonchev–Trinajstić information content (AvgIpc) is 2.73. The second-order valence-electron chi connectivity index (χ2n) is 10.3. The summed E-state index contributed by atoms with van der Waals surface area (Å²) in [6.45, 7) is 14.4. The van der Waals surface area contributed by atoms with Crippen LogP contribution in [0.15, 0.2) is 36.4 Å². The lowest BCUT2D eigenvalue weighted by atomic mass is 9.97. The number of carbonyl (C=O) groups is 3. The monoisotopic (exact) mass is 466 g/mol. The molecule has 6 heteroatoms. The smallest absolute Gasteiger partial charge is 0.316 e. The molecule has 0 bridgehead atoms. The van der Waals surface area contributed by atoms with Crippen molar-refractivity contribution >= 4 is 23.8 Å². The van der Waals surface area contributed by atoms with Gasteiger partial charge in [-0.1, -0.05) is 0 Å². The van der Waals surface area contributed by atoms with Gasteiger partial charge in [0.05, 0.1) is 17.9 Å². The van der Waals surface area contributed by atoms with Crippen LogP contribution in [0.2, 0.25) is 0 Å². The maximum Gasteiger partial charge on any atom is 0.316 e. The Hall–Kier alpha value is -3.41. The minimum Gasteiger partial charge on any atom is -0.496 e. The molecule has 0 spiro atoms. The topological polar surface area (TPSA) is 78.9 Å². The van der Waals surface area contributed by atoms with Gasteiger partial charge in [-0.05, 0) is 103 Å². The Morgan fingerprint density at radius 2 is 1.32 bits per heavy atom. The lowest BCUT2D eigenvalue weighted by Crippen LogP contribution is -2.26. The number of benzene rings is 2. The number of methoxy groups -OCH3 is 1. The van der Waals surface area contributed by atoms with E-state index in [9.17, 15) is 14.4 Å². The number of carbonyl (C=O) groups excluding carboxylic acids is 3. The molecule has 0 aliphatic rings. The van der Waals surface area contributed by atoms with Gasteiger partial charge in [-0.3, -0.25) is 14.4 Å². The molecule has 0 aliphatic carbocycles. The van der Waals surface area contributed by atoms with Crippen molar-refractivity contribution in [2.75, 3.05) is 7.11 Å². The Morgan fingerprint density at radius 1 is 0.794 bits per heavy atom. The molecule has 0 N–H and O–H groups in total. The van der Waals surface area contributed by atoms with Crippen LogP contribution in [-0.2, 0) is 9.59 Å². The predicted molar refractivity (Wildman–Crippen MR) is 132 cm³/mol. The van der Waals surface area contributed by atoms with Crippen LogP contribution in [0.4, 0.5) is 0 Å².